The summed E-state index contributed by atoms with van der Waals surface area (Å²) in [7, 11) is -0.0125. The van der Waals surface area contributed by atoms with Crippen LogP contribution in [0.15, 0.2) is 24.7 Å². The van der Waals surface area contributed by atoms with E-state index in [4.69, 9.17) is 17.7 Å². The van der Waals surface area contributed by atoms with Crippen molar-refractivity contribution in [3.63, 3.8) is 0 Å². The lowest BCUT2D eigenvalue weighted by Gasteiger charge is -2.08. The first-order valence-corrected chi connectivity index (χ1v) is 6.76. The second-order valence-electron chi connectivity index (χ2n) is 4.78. The zero-order valence-electron chi connectivity index (χ0n) is 12.6. The minimum absolute atomic E-state index is 0.0125. The van der Waals surface area contributed by atoms with Gasteiger partial charge in [0.1, 0.15) is 17.2 Å². The topological polar surface area (TPSA) is 65.7 Å². The first-order valence-electron chi connectivity index (χ1n) is 7.09. The van der Waals surface area contributed by atoms with Gasteiger partial charge in [0, 0.05) is 25.9 Å². The molecule has 0 aliphatic heterocycles. The highest BCUT2D eigenvalue weighted by Crippen LogP contribution is 2.29. The number of rotatable bonds is 3. The van der Waals surface area contributed by atoms with E-state index in [0.717, 1.165) is 10.9 Å². The Morgan fingerprint density at radius 1 is 1.29 bits per heavy atom. The fraction of sp³-hybridized carbons (Fsp3) is 0.286. The van der Waals surface area contributed by atoms with Crippen LogP contribution in [-0.2, 0) is 7.02 Å². The summed E-state index contributed by atoms with van der Waals surface area (Å²) in [6.45, 7) is 3.87. The zero-order valence-corrected chi connectivity index (χ0v) is 12.4. The smallest absolute Gasteiger partial charge is 0.214 e. The molecule has 0 fully saturated rings. The lowest BCUT2D eigenvalue weighted by molar-refractivity contribution is 0.233. The quantitative estimate of drug-likeness (QED) is 0.696. The Bertz CT molecular complexity index is 820. The van der Waals surface area contributed by atoms with Gasteiger partial charge in [-0.3, -0.25) is 4.68 Å². The summed E-state index contributed by atoms with van der Waals surface area (Å²) in [5.41, 5.74) is 1.97. The Balaban J connectivity index is 2.19. The van der Waals surface area contributed by atoms with Crippen LogP contribution in [0.3, 0.4) is 0 Å². The number of aryl methyl sites for hydroxylation is 1. The van der Waals surface area contributed by atoms with E-state index in [-0.39, 0.29) is 13.1 Å². The van der Waals surface area contributed by atoms with Crippen LogP contribution >= 0.6 is 11.6 Å². The lowest BCUT2D eigenvalue weighted by atomic mass is 10.2. The molecule has 0 unspecified atom stereocenters. The summed E-state index contributed by atoms with van der Waals surface area (Å²) in [5, 5.41) is 5.58. The van der Waals surface area contributed by atoms with Crippen molar-refractivity contribution in [2.75, 3.05) is 0 Å². The van der Waals surface area contributed by atoms with Crippen molar-refractivity contribution >= 4 is 22.5 Å². The van der Waals surface area contributed by atoms with Crippen LogP contribution in [0, 0.1) is 0 Å². The van der Waals surface area contributed by atoms with Gasteiger partial charge in [-0.25, -0.2) is 15.0 Å². The van der Waals surface area contributed by atoms with Gasteiger partial charge in [0.15, 0.2) is 0 Å². The lowest BCUT2D eigenvalue weighted by Crippen LogP contribution is -2.06. The normalized spacial score (nSPS) is 11.9. The molecular weight excluding hydrogens is 290 g/mol. The molecule has 3 aromatic rings. The zero-order chi connectivity index (χ0) is 15.7. The highest BCUT2D eigenvalue weighted by molar-refractivity contribution is 6.29. The van der Waals surface area contributed by atoms with E-state index in [2.05, 4.69) is 20.1 Å². The Morgan fingerprint density at radius 3 is 2.86 bits per heavy atom. The van der Waals surface area contributed by atoms with Crippen LogP contribution in [0.1, 0.15) is 15.2 Å². The Kier molecular flexibility index (Phi) is 3.16. The molecule has 0 aliphatic carbocycles. The van der Waals surface area contributed by atoms with Gasteiger partial charge in [0.25, 0.3) is 0 Å². The maximum atomic E-state index is 7.59. The summed E-state index contributed by atoms with van der Waals surface area (Å²) in [4.78, 5) is 12.3. The number of halogens is 1. The number of aromatic nitrogens is 5. The Labute approximate surface area is 128 Å². The molecule has 0 saturated heterocycles. The van der Waals surface area contributed by atoms with Crippen molar-refractivity contribution < 1.29 is 6.11 Å². The molecule has 0 radical (unpaired) electrons. The first-order chi connectivity index (χ1) is 10.6. The summed E-state index contributed by atoms with van der Waals surface area (Å²) in [5.74, 6) is 0.508. The van der Waals surface area contributed by atoms with E-state index < -0.39 is 0 Å². The molecule has 6 nitrogen and oxygen atoms in total. The van der Waals surface area contributed by atoms with Gasteiger partial charge in [-0.2, -0.15) is 5.10 Å². The predicted molar refractivity (Wildman–Crippen MR) is 80.3 cm³/mol. The van der Waals surface area contributed by atoms with Gasteiger partial charge in [-0.1, -0.05) is 11.6 Å². The van der Waals surface area contributed by atoms with Gasteiger partial charge in [-0.05, 0) is 13.8 Å². The van der Waals surface area contributed by atoms with Gasteiger partial charge in [0.05, 0.1) is 23.5 Å². The Hall–Kier alpha value is -2.21. The molecule has 0 spiro atoms. The average molecular weight is 306 g/mol. The molecule has 7 heteroatoms. The molecule has 0 amide bonds. The molecule has 0 aliphatic rings. The number of hydrogen-bond donors (Lipinski definition) is 0. The van der Waals surface area contributed by atoms with Crippen LogP contribution in [0.25, 0.3) is 22.3 Å². The molecule has 3 heterocycles. The van der Waals surface area contributed by atoms with Crippen LogP contribution in [-0.4, -0.2) is 30.8 Å². The molecule has 3 aromatic heterocycles. The maximum Gasteiger partial charge on any atom is 0.214 e. The van der Waals surface area contributed by atoms with Crippen LogP contribution in [0.5, 0.6) is 5.88 Å². The second kappa shape index (κ2) is 5.29. The molecule has 108 valence electrons. The third-order valence-corrected chi connectivity index (χ3v) is 3.05. The first kappa shape index (κ1) is 12.5. The molecule has 0 bridgehead atoms. The van der Waals surface area contributed by atoms with E-state index >= 15 is 0 Å². The summed E-state index contributed by atoms with van der Waals surface area (Å²) in [6, 6.07) is 3.45. The highest BCUT2D eigenvalue weighted by Gasteiger charge is 2.14. The minimum atomic E-state index is -0.0125. The summed E-state index contributed by atoms with van der Waals surface area (Å²) < 4.78 is 14.8. The predicted octanol–water partition coefficient (Wildman–Crippen LogP) is 2.87. The van der Waals surface area contributed by atoms with Crippen LogP contribution in [0.4, 0.5) is 0 Å². The summed E-state index contributed by atoms with van der Waals surface area (Å²) in [6.07, 6.45) is 3.06. The third kappa shape index (κ3) is 2.67. The van der Waals surface area contributed by atoms with Crippen molar-refractivity contribution in [3.8, 4) is 17.3 Å². The number of hydrogen-bond acceptors (Lipinski definition) is 5. The largest absolute Gasteiger partial charge is 0.475 e. The molecule has 3 rings (SSSR count). The monoisotopic (exact) mass is 305 g/mol. The fourth-order valence-corrected chi connectivity index (χ4v) is 2.16. The van der Waals surface area contributed by atoms with E-state index in [1.54, 1.807) is 23.0 Å². The minimum Gasteiger partial charge on any atom is -0.475 e. The van der Waals surface area contributed by atoms with Crippen molar-refractivity contribution in [2.24, 2.45) is 7.02 Å². The van der Waals surface area contributed by atoms with E-state index in [1.165, 1.54) is 6.33 Å². The van der Waals surface area contributed by atoms with E-state index in [0.29, 0.717) is 22.4 Å². The average Bonchev–Trinajstić information content (AvgIpc) is 2.84. The number of nitrogens with zero attached hydrogens (tertiary/aromatic N) is 5. The molecule has 0 atom stereocenters. The van der Waals surface area contributed by atoms with Gasteiger partial charge < -0.3 is 4.74 Å². The van der Waals surface area contributed by atoms with E-state index in [1.807, 2.05) is 13.8 Å². The number of fused-ring (bicyclic) bond motifs is 1. The van der Waals surface area contributed by atoms with Crippen molar-refractivity contribution in [3.05, 3.63) is 29.8 Å². The molecule has 0 saturated carbocycles. The number of ether oxygens (including phenoxy) is 1. The van der Waals surface area contributed by atoms with Crippen molar-refractivity contribution in [2.45, 2.75) is 20.0 Å². The highest BCUT2D eigenvalue weighted by atomic mass is 35.5. The van der Waals surface area contributed by atoms with Gasteiger partial charge in [-0.15, -0.1) is 0 Å². The van der Waals surface area contributed by atoms with Crippen molar-refractivity contribution in [1.29, 1.82) is 0 Å². The Morgan fingerprint density at radius 2 is 2.14 bits per heavy atom. The standard InChI is InChI=1S/C14H14ClN5O/c1-8(2)21-13-4-9-11(6-16-13)20(3)19-14(9)10-5-12(15)18-7-17-10/h4-8H,1-3H3/i3T. The number of pyridine rings is 1. The fourth-order valence-electron chi connectivity index (χ4n) is 2.01. The maximum absolute atomic E-state index is 7.59. The third-order valence-electron chi connectivity index (χ3n) is 2.84. The second-order valence-corrected chi connectivity index (χ2v) is 5.17. The summed E-state index contributed by atoms with van der Waals surface area (Å²) >= 11 is 5.93. The van der Waals surface area contributed by atoms with Crippen LogP contribution in [0.2, 0.25) is 5.15 Å². The SMILES string of the molecule is [3H]Cn1nc(-c2cc(Cl)ncn2)c2cc(OC(C)C)ncc21. The van der Waals surface area contributed by atoms with Gasteiger partial charge in [0.2, 0.25) is 5.88 Å². The molecule has 21 heavy (non-hydrogen) atoms. The van der Waals surface area contributed by atoms with E-state index in [9.17, 15) is 0 Å². The van der Waals surface area contributed by atoms with Crippen molar-refractivity contribution in [1.82, 2.24) is 24.7 Å². The van der Waals surface area contributed by atoms with Crippen LogP contribution < -0.4 is 4.74 Å². The van der Waals surface area contributed by atoms with Gasteiger partial charge >= 0.3 is 0 Å². The molecular formula is C14H14ClN5O. The molecule has 0 aromatic carbocycles. The molecule has 0 N–H and O–H groups in total.